The summed E-state index contributed by atoms with van der Waals surface area (Å²) >= 11 is 1.50. The van der Waals surface area contributed by atoms with Gasteiger partial charge < -0.3 is 0 Å². The average Bonchev–Trinajstić information content (AvgIpc) is 3.08. The molecule has 0 unspecified atom stereocenters. The number of benzene rings is 2. The van der Waals surface area contributed by atoms with E-state index < -0.39 is 0 Å². The standard InChI is InChI=1S/C21H16N2OS/c1-14-21(23-13-25-14)20(24)10-15-7-8-17-11-18(12-22-19(17)9-15)16-5-3-2-4-6-16/h2-9,11-13H,10H2,1H3. The Balaban J connectivity index is 1.63. The van der Waals surface area contributed by atoms with Crippen molar-refractivity contribution in [2.45, 2.75) is 13.3 Å². The maximum absolute atomic E-state index is 12.4. The molecule has 4 heteroatoms. The van der Waals surface area contributed by atoms with Gasteiger partial charge in [0, 0.05) is 28.4 Å². The lowest BCUT2D eigenvalue weighted by Gasteiger charge is -2.06. The summed E-state index contributed by atoms with van der Waals surface area (Å²) < 4.78 is 0. The van der Waals surface area contributed by atoms with Crippen LogP contribution in [-0.4, -0.2) is 15.8 Å². The number of Topliss-reactive ketones (excluding diaryl/α,β-unsaturated/α-hetero) is 1. The van der Waals surface area contributed by atoms with Crippen molar-refractivity contribution in [1.82, 2.24) is 9.97 Å². The van der Waals surface area contributed by atoms with Crippen molar-refractivity contribution in [3.05, 3.63) is 82.4 Å². The quantitative estimate of drug-likeness (QED) is 0.484. The smallest absolute Gasteiger partial charge is 0.186 e. The van der Waals surface area contributed by atoms with E-state index in [1.165, 1.54) is 11.3 Å². The Labute approximate surface area is 150 Å². The van der Waals surface area contributed by atoms with Gasteiger partial charge in [-0.25, -0.2) is 4.98 Å². The molecule has 4 aromatic rings. The zero-order valence-electron chi connectivity index (χ0n) is 13.8. The van der Waals surface area contributed by atoms with E-state index in [0.29, 0.717) is 12.1 Å². The first kappa shape index (κ1) is 15.7. The number of aromatic nitrogens is 2. The number of nitrogens with zero attached hydrogens (tertiary/aromatic N) is 2. The molecule has 3 nitrogen and oxygen atoms in total. The summed E-state index contributed by atoms with van der Waals surface area (Å²) in [6.07, 6.45) is 2.23. The number of rotatable bonds is 4. The second kappa shape index (κ2) is 6.57. The van der Waals surface area contributed by atoms with Crippen molar-refractivity contribution in [2.24, 2.45) is 0 Å². The number of pyridine rings is 1. The van der Waals surface area contributed by atoms with E-state index in [1.807, 2.05) is 49.5 Å². The largest absolute Gasteiger partial charge is 0.292 e. The highest BCUT2D eigenvalue weighted by Crippen LogP contribution is 2.24. The number of hydrogen-bond donors (Lipinski definition) is 0. The molecule has 2 aromatic carbocycles. The van der Waals surface area contributed by atoms with Crippen LogP contribution in [0.5, 0.6) is 0 Å². The van der Waals surface area contributed by atoms with Crippen LogP contribution in [0, 0.1) is 6.92 Å². The minimum atomic E-state index is 0.0546. The molecule has 25 heavy (non-hydrogen) atoms. The average molecular weight is 344 g/mol. The summed E-state index contributed by atoms with van der Waals surface area (Å²) in [5, 5.41) is 1.07. The van der Waals surface area contributed by atoms with Crippen molar-refractivity contribution in [3.63, 3.8) is 0 Å². The number of ketones is 1. The van der Waals surface area contributed by atoms with Gasteiger partial charge in [0.15, 0.2) is 5.78 Å². The van der Waals surface area contributed by atoms with Crippen LogP contribution >= 0.6 is 11.3 Å². The number of carbonyl (C=O) groups is 1. The summed E-state index contributed by atoms with van der Waals surface area (Å²) in [4.78, 5) is 22.1. The molecule has 0 spiro atoms. The SMILES string of the molecule is Cc1scnc1C(=O)Cc1ccc2cc(-c3ccccc3)cnc2c1. The molecule has 0 aliphatic heterocycles. The molecule has 2 heterocycles. The van der Waals surface area contributed by atoms with Crippen molar-refractivity contribution in [1.29, 1.82) is 0 Å². The van der Waals surface area contributed by atoms with Crippen LogP contribution in [0.25, 0.3) is 22.0 Å². The molecule has 2 aromatic heterocycles. The molecular weight excluding hydrogens is 328 g/mol. The van der Waals surface area contributed by atoms with Crippen LogP contribution in [0.4, 0.5) is 0 Å². The molecule has 0 saturated heterocycles. The molecule has 0 aliphatic carbocycles. The highest BCUT2D eigenvalue weighted by Gasteiger charge is 2.13. The molecule has 0 radical (unpaired) electrons. The van der Waals surface area contributed by atoms with Gasteiger partial charge in [0.25, 0.3) is 0 Å². The van der Waals surface area contributed by atoms with Gasteiger partial charge in [-0.05, 0) is 30.2 Å². The van der Waals surface area contributed by atoms with Crippen LogP contribution in [0.3, 0.4) is 0 Å². The molecule has 0 N–H and O–H groups in total. The molecule has 0 saturated carbocycles. The highest BCUT2D eigenvalue weighted by molar-refractivity contribution is 7.09. The third-order valence-electron chi connectivity index (χ3n) is 4.23. The van der Waals surface area contributed by atoms with Gasteiger partial charge in [0.1, 0.15) is 5.69 Å². The van der Waals surface area contributed by atoms with Gasteiger partial charge in [-0.15, -0.1) is 11.3 Å². The topological polar surface area (TPSA) is 42.9 Å². The van der Waals surface area contributed by atoms with E-state index in [0.717, 1.165) is 32.5 Å². The lowest BCUT2D eigenvalue weighted by molar-refractivity contribution is 0.0988. The molecule has 0 fully saturated rings. The molecule has 0 bridgehead atoms. The summed E-state index contributed by atoms with van der Waals surface area (Å²) in [6, 6.07) is 18.4. The van der Waals surface area contributed by atoms with Gasteiger partial charge >= 0.3 is 0 Å². The third-order valence-corrected chi connectivity index (χ3v) is 4.99. The van der Waals surface area contributed by atoms with Crippen molar-refractivity contribution >= 4 is 28.0 Å². The maximum atomic E-state index is 12.4. The maximum Gasteiger partial charge on any atom is 0.186 e. The minimum Gasteiger partial charge on any atom is -0.292 e. The summed E-state index contributed by atoms with van der Waals surface area (Å²) in [5.41, 5.74) is 6.41. The summed E-state index contributed by atoms with van der Waals surface area (Å²) in [5.74, 6) is 0.0546. The van der Waals surface area contributed by atoms with E-state index in [2.05, 4.69) is 28.2 Å². The van der Waals surface area contributed by atoms with Crippen LogP contribution in [-0.2, 0) is 6.42 Å². The number of aryl methyl sites for hydroxylation is 1. The molecule has 0 atom stereocenters. The van der Waals surface area contributed by atoms with Crippen molar-refractivity contribution in [3.8, 4) is 11.1 Å². The summed E-state index contributed by atoms with van der Waals surface area (Å²) in [6.45, 7) is 1.93. The predicted molar refractivity (Wildman–Crippen MR) is 102 cm³/mol. The van der Waals surface area contributed by atoms with Gasteiger partial charge in [-0.1, -0.05) is 42.5 Å². The zero-order valence-corrected chi connectivity index (χ0v) is 14.6. The van der Waals surface area contributed by atoms with E-state index in [1.54, 1.807) is 5.51 Å². The Hall–Kier alpha value is -2.85. The highest BCUT2D eigenvalue weighted by atomic mass is 32.1. The van der Waals surface area contributed by atoms with Gasteiger partial charge in [-0.3, -0.25) is 9.78 Å². The lowest BCUT2D eigenvalue weighted by atomic mass is 10.0. The molecule has 4 rings (SSSR count). The monoisotopic (exact) mass is 344 g/mol. The molecule has 0 aliphatic rings. The van der Waals surface area contributed by atoms with Gasteiger partial charge in [0.2, 0.25) is 0 Å². The van der Waals surface area contributed by atoms with Crippen molar-refractivity contribution < 1.29 is 4.79 Å². The molecule has 0 amide bonds. The Kier molecular flexibility index (Phi) is 4.12. The summed E-state index contributed by atoms with van der Waals surface area (Å²) in [7, 11) is 0. The number of hydrogen-bond acceptors (Lipinski definition) is 4. The first-order valence-electron chi connectivity index (χ1n) is 8.08. The van der Waals surface area contributed by atoms with E-state index >= 15 is 0 Å². The van der Waals surface area contributed by atoms with Crippen LogP contribution < -0.4 is 0 Å². The van der Waals surface area contributed by atoms with Crippen LogP contribution in [0.1, 0.15) is 20.9 Å². The van der Waals surface area contributed by atoms with Crippen LogP contribution in [0.15, 0.2) is 66.3 Å². The Morgan fingerprint density at radius 3 is 2.60 bits per heavy atom. The van der Waals surface area contributed by atoms with Crippen LogP contribution in [0.2, 0.25) is 0 Å². The third kappa shape index (κ3) is 3.21. The zero-order chi connectivity index (χ0) is 17.2. The van der Waals surface area contributed by atoms with Gasteiger partial charge in [-0.2, -0.15) is 0 Å². The predicted octanol–water partition coefficient (Wildman–Crippen LogP) is 5.09. The minimum absolute atomic E-state index is 0.0546. The Bertz CT molecular complexity index is 1050. The first-order chi connectivity index (χ1) is 12.2. The van der Waals surface area contributed by atoms with Gasteiger partial charge in [0.05, 0.1) is 11.0 Å². The number of fused-ring (bicyclic) bond motifs is 1. The number of carbonyl (C=O) groups excluding carboxylic acids is 1. The van der Waals surface area contributed by atoms with E-state index in [4.69, 9.17) is 0 Å². The normalized spacial score (nSPS) is 10.9. The number of thiazole rings is 1. The van der Waals surface area contributed by atoms with Crippen molar-refractivity contribution in [2.75, 3.05) is 0 Å². The fourth-order valence-electron chi connectivity index (χ4n) is 2.91. The molecule has 122 valence electrons. The fourth-order valence-corrected chi connectivity index (χ4v) is 3.50. The fraction of sp³-hybridized carbons (Fsp3) is 0.0952. The first-order valence-corrected chi connectivity index (χ1v) is 8.96. The van der Waals surface area contributed by atoms with E-state index in [9.17, 15) is 4.79 Å². The second-order valence-corrected chi connectivity index (χ2v) is 7.03. The van der Waals surface area contributed by atoms with E-state index in [-0.39, 0.29) is 5.78 Å². The second-order valence-electron chi connectivity index (χ2n) is 5.97. The molecular formula is C21H16N2OS. The Morgan fingerprint density at radius 2 is 1.84 bits per heavy atom. The Morgan fingerprint density at radius 1 is 1.00 bits per heavy atom. The lowest BCUT2D eigenvalue weighted by Crippen LogP contribution is -2.05.